The van der Waals surface area contributed by atoms with Gasteiger partial charge in [-0.05, 0) is 36.1 Å². The molecule has 7 nitrogen and oxygen atoms in total. The van der Waals surface area contributed by atoms with E-state index in [-0.39, 0.29) is 21.4 Å². The molecule has 0 bridgehead atoms. The zero-order valence-corrected chi connectivity index (χ0v) is 14.9. The first-order valence-corrected chi connectivity index (χ1v) is 9.17. The quantitative estimate of drug-likeness (QED) is 0.790. The highest BCUT2D eigenvalue weighted by Crippen LogP contribution is 2.28. The maximum absolute atomic E-state index is 12.7. The molecule has 24 heavy (non-hydrogen) atoms. The Morgan fingerprint density at radius 2 is 1.92 bits per heavy atom. The Kier molecular flexibility index (Phi) is 5.25. The van der Waals surface area contributed by atoms with Gasteiger partial charge in [-0.25, -0.2) is 13.2 Å². The van der Waals surface area contributed by atoms with Crippen LogP contribution in [0.5, 0.6) is 0 Å². The summed E-state index contributed by atoms with van der Waals surface area (Å²) < 4.78 is 32.3. The zero-order valence-electron chi connectivity index (χ0n) is 13.2. The van der Waals surface area contributed by atoms with Gasteiger partial charge in [0.2, 0.25) is 5.91 Å². The number of carbonyl (C=O) groups is 2. The maximum Gasteiger partial charge on any atom is 0.350 e. The van der Waals surface area contributed by atoms with Gasteiger partial charge in [0.1, 0.15) is 4.88 Å². The summed E-state index contributed by atoms with van der Waals surface area (Å²) in [6, 6.07) is 6.06. The average molecular weight is 368 g/mol. The lowest BCUT2D eigenvalue weighted by Crippen LogP contribution is -2.16. The number of rotatable bonds is 5. The van der Waals surface area contributed by atoms with Crippen LogP contribution in [0.2, 0.25) is 0 Å². The third-order valence-corrected chi connectivity index (χ3v) is 5.48. The van der Waals surface area contributed by atoms with Gasteiger partial charge in [0.15, 0.2) is 0 Å². The number of ether oxygens (including phenoxy) is 1. The van der Waals surface area contributed by atoms with Crippen molar-refractivity contribution in [3.8, 4) is 0 Å². The number of esters is 1. The smallest absolute Gasteiger partial charge is 0.350 e. The number of hydrogen-bond donors (Lipinski definition) is 2. The predicted molar refractivity (Wildman–Crippen MR) is 91.9 cm³/mol. The molecular weight excluding hydrogens is 352 g/mol. The summed E-state index contributed by atoms with van der Waals surface area (Å²) in [6.07, 6.45) is 0. The summed E-state index contributed by atoms with van der Waals surface area (Å²) in [6.45, 7) is 2.97. The van der Waals surface area contributed by atoms with Crippen LogP contribution in [-0.4, -0.2) is 27.4 Å². The Hall–Kier alpha value is -2.39. The minimum absolute atomic E-state index is 0.00997. The average Bonchev–Trinajstić information content (AvgIpc) is 2.95. The molecule has 0 aliphatic carbocycles. The number of carbonyl (C=O) groups excluding carboxylic acids is 2. The second kappa shape index (κ2) is 7.02. The summed E-state index contributed by atoms with van der Waals surface area (Å²) in [7, 11) is -2.72. The van der Waals surface area contributed by atoms with Crippen LogP contribution < -0.4 is 10.0 Å². The van der Waals surface area contributed by atoms with Gasteiger partial charge in [0.25, 0.3) is 10.0 Å². The van der Waals surface area contributed by atoms with Gasteiger partial charge in [-0.3, -0.25) is 9.52 Å². The molecule has 1 heterocycles. The molecule has 0 saturated heterocycles. The van der Waals surface area contributed by atoms with Crippen molar-refractivity contribution in [3.63, 3.8) is 0 Å². The molecule has 128 valence electrons. The Balaban J connectivity index is 2.39. The molecule has 0 fully saturated rings. The van der Waals surface area contributed by atoms with Crippen molar-refractivity contribution in [2.45, 2.75) is 18.7 Å². The van der Waals surface area contributed by atoms with Gasteiger partial charge >= 0.3 is 5.97 Å². The molecule has 2 N–H and O–H groups in total. The number of aryl methyl sites for hydroxylation is 1. The van der Waals surface area contributed by atoms with Crippen LogP contribution in [0.1, 0.15) is 22.2 Å². The number of nitrogens with one attached hydrogen (secondary N) is 2. The van der Waals surface area contributed by atoms with Crippen molar-refractivity contribution >= 4 is 44.6 Å². The zero-order chi connectivity index (χ0) is 17.9. The molecular formula is C15H16N2O5S2. The van der Waals surface area contributed by atoms with Gasteiger partial charge in [0.05, 0.1) is 17.7 Å². The summed E-state index contributed by atoms with van der Waals surface area (Å²) >= 11 is 1.08. The SMILES string of the molecule is COC(=O)c1sccc1NS(=O)(=O)c1cc(NC(C)=O)ccc1C. The van der Waals surface area contributed by atoms with Crippen LogP contribution >= 0.6 is 11.3 Å². The molecule has 1 aromatic carbocycles. The summed E-state index contributed by atoms with van der Waals surface area (Å²) in [4.78, 5) is 23.0. The second-order valence-electron chi connectivity index (χ2n) is 4.92. The monoisotopic (exact) mass is 368 g/mol. The third-order valence-electron chi connectivity index (χ3n) is 3.08. The Morgan fingerprint density at radius 3 is 2.54 bits per heavy atom. The van der Waals surface area contributed by atoms with E-state index in [1.807, 2.05) is 0 Å². The molecule has 0 aliphatic rings. The van der Waals surface area contributed by atoms with Gasteiger partial charge in [-0.15, -0.1) is 11.3 Å². The van der Waals surface area contributed by atoms with E-state index in [1.54, 1.807) is 24.4 Å². The molecule has 9 heteroatoms. The molecule has 2 rings (SSSR count). The summed E-state index contributed by atoms with van der Waals surface area (Å²) in [5, 5.41) is 4.13. The van der Waals surface area contributed by atoms with Gasteiger partial charge in [-0.2, -0.15) is 0 Å². The number of benzene rings is 1. The first-order valence-electron chi connectivity index (χ1n) is 6.81. The summed E-state index contributed by atoms with van der Waals surface area (Å²) in [5.41, 5.74) is 1.02. The highest BCUT2D eigenvalue weighted by molar-refractivity contribution is 7.92. The van der Waals surface area contributed by atoms with Gasteiger partial charge in [-0.1, -0.05) is 6.07 Å². The van der Waals surface area contributed by atoms with E-state index < -0.39 is 16.0 Å². The second-order valence-corrected chi connectivity index (χ2v) is 7.49. The molecule has 0 spiro atoms. The molecule has 1 aromatic heterocycles. The van der Waals surface area contributed by atoms with Crippen molar-refractivity contribution in [1.82, 2.24) is 0 Å². The fourth-order valence-corrected chi connectivity index (χ4v) is 4.18. The topological polar surface area (TPSA) is 102 Å². The lowest BCUT2D eigenvalue weighted by atomic mass is 10.2. The van der Waals surface area contributed by atoms with Crippen molar-refractivity contribution in [2.75, 3.05) is 17.1 Å². The number of methoxy groups -OCH3 is 1. The van der Waals surface area contributed by atoms with Crippen molar-refractivity contribution in [2.24, 2.45) is 0 Å². The molecule has 0 aliphatic heterocycles. The predicted octanol–water partition coefficient (Wildman–Crippen LogP) is 2.60. The first-order chi connectivity index (χ1) is 11.2. The highest BCUT2D eigenvalue weighted by Gasteiger charge is 2.22. The van der Waals surface area contributed by atoms with Crippen LogP contribution in [0, 0.1) is 6.92 Å². The van der Waals surface area contributed by atoms with Crippen LogP contribution in [0.15, 0.2) is 34.5 Å². The van der Waals surface area contributed by atoms with E-state index in [0.29, 0.717) is 11.3 Å². The van der Waals surface area contributed by atoms with Crippen LogP contribution in [0.4, 0.5) is 11.4 Å². The normalized spacial score (nSPS) is 11.0. The Morgan fingerprint density at radius 1 is 1.21 bits per heavy atom. The lowest BCUT2D eigenvalue weighted by molar-refractivity contribution is -0.114. The molecule has 0 atom stereocenters. The van der Waals surface area contributed by atoms with Gasteiger partial charge in [0, 0.05) is 12.6 Å². The first kappa shape index (κ1) is 18.0. The number of sulfonamides is 1. The largest absolute Gasteiger partial charge is 0.465 e. The summed E-state index contributed by atoms with van der Waals surface area (Å²) in [5.74, 6) is -0.924. The fourth-order valence-electron chi connectivity index (χ4n) is 2.01. The van der Waals surface area contributed by atoms with Gasteiger partial charge < -0.3 is 10.1 Å². The van der Waals surface area contributed by atoms with Crippen molar-refractivity contribution in [3.05, 3.63) is 40.1 Å². The van der Waals surface area contributed by atoms with Crippen LogP contribution in [0.25, 0.3) is 0 Å². The molecule has 0 unspecified atom stereocenters. The molecule has 0 radical (unpaired) electrons. The molecule has 1 amide bonds. The van der Waals surface area contributed by atoms with Crippen LogP contribution in [0.3, 0.4) is 0 Å². The number of thiophene rings is 1. The number of anilines is 2. The maximum atomic E-state index is 12.7. The Bertz CT molecular complexity index is 887. The third kappa shape index (κ3) is 3.92. The minimum Gasteiger partial charge on any atom is -0.465 e. The van der Waals surface area contributed by atoms with Crippen molar-refractivity contribution in [1.29, 1.82) is 0 Å². The van der Waals surface area contributed by atoms with E-state index in [4.69, 9.17) is 0 Å². The van der Waals surface area contributed by atoms with E-state index >= 15 is 0 Å². The van der Waals surface area contributed by atoms with E-state index in [2.05, 4.69) is 14.8 Å². The van der Waals surface area contributed by atoms with E-state index in [0.717, 1.165) is 11.3 Å². The molecule has 2 aromatic rings. The Labute approximate surface area is 143 Å². The highest BCUT2D eigenvalue weighted by atomic mass is 32.2. The number of hydrogen-bond acceptors (Lipinski definition) is 6. The number of amides is 1. The standard InChI is InChI=1S/C15H16N2O5S2/c1-9-4-5-11(16-10(2)18)8-13(9)24(20,21)17-12-6-7-23-14(12)15(19)22-3/h4-8,17H,1-3H3,(H,16,18). The minimum atomic E-state index is -3.94. The fraction of sp³-hybridized carbons (Fsp3) is 0.200. The molecule has 0 saturated carbocycles. The van der Waals surface area contributed by atoms with Crippen LogP contribution in [-0.2, 0) is 19.6 Å². The van der Waals surface area contributed by atoms with E-state index in [1.165, 1.54) is 26.2 Å². The lowest BCUT2D eigenvalue weighted by Gasteiger charge is -2.12. The van der Waals surface area contributed by atoms with E-state index in [9.17, 15) is 18.0 Å². The van der Waals surface area contributed by atoms with Crippen molar-refractivity contribution < 1.29 is 22.7 Å².